The second-order valence-electron chi connectivity index (χ2n) is 12.5. The fourth-order valence-corrected chi connectivity index (χ4v) is 8.89. The van der Waals surface area contributed by atoms with Gasteiger partial charge in [-0.3, -0.25) is 0 Å². The number of aromatic nitrogens is 2. The zero-order valence-electron chi connectivity index (χ0n) is 26.5. The molecule has 0 N–H and O–H groups in total. The molecule has 7 aromatic rings. The average molecular weight is 842 g/mol. The fraction of sp³-hybridized carbons (Fsp3) is 0.150. The molecule has 3 heterocycles. The van der Waals surface area contributed by atoms with E-state index >= 15 is 0 Å². The zero-order valence-corrected chi connectivity index (χ0v) is 31.8. The Kier molecular flexibility index (Phi) is 10.2. The molecule has 227 valence electrons. The van der Waals surface area contributed by atoms with Crippen LogP contribution in [0.4, 0.5) is 0 Å². The van der Waals surface area contributed by atoms with Gasteiger partial charge in [0.25, 0.3) is 0 Å². The normalized spacial score (nSPS) is 11.2. The number of pyridine rings is 2. The maximum atomic E-state index is 4.59. The summed E-state index contributed by atoms with van der Waals surface area (Å²) in [6.07, 6.45) is 3.92. The van der Waals surface area contributed by atoms with Crippen LogP contribution in [0.5, 0.6) is 0 Å². The van der Waals surface area contributed by atoms with Gasteiger partial charge in [0, 0.05) is 31.0 Å². The first-order valence-corrected chi connectivity index (χ1v) is 23.1. The van der Waals surface area contributed by atoms with E-state index in [9.17, 15) is 0 Å². The van der Waals surface area contributed by atoms with Crippen molar-refractivity contribution in [3.8, 4) is 33.6 Å². The minimum atomic E-state index is -1.72. The molecule has 2 nitrogen and oxygen atoms in total. The molecule has 0 bridgehead atoms. The summed E-state index contributed by atoms with van der Waals surface area (Å²) >= 11 is 0.119. The molecule has 0 fully saturated rings. The molecule has 7 rings (SSSR count). The Hall–Kier alpha value is -3.41. The molecule has 0 amide bonds. The number of nitrogens with zero attached hydrogens (tertiary/aromatic N) is 2. The van der Waals surface area contributed by atoms with E-state index in [0.29, 0.717) is 0 Å². The van der Waals surface area contributed by atoms with Crippen LogP contribution in [0.1, 0.15) is 16.7 Å². The predicted octanol–water partition coefficient (Wildman–Crippen LogP) is 10.6. The van der Waals surface area contributed by atoms with Gasteiger partial charge in [-0.1, -0.05) is 58.5 Å². The van der Waals surface area contributed by atoms with Gasteiger partial charge in [-0.2, -0.15) is 11.3 Å². The summed E-state index contributed by atoms with van der Waals surface area (Å²) in [5.41, 5.74) is 10.5. The molecule has 0 saturated carbocycles. The van der Waals surface area contributed by atoms with Gasteiger partial charge in [-0.25, -0.2) is 0 Å². The molecule has 45 heavy (non-hydrogen) atoms. The molecule has 0 spiro atoms. The molecule has 0 aliphatic heterocycles. The third kappa shape index (κ3) is 7.53. The molecule has 0 atom stereocenters. The van der Waals surface area contributed by atoms with Gasteiger partial charge in [0.05, 0.1) is 0 Å². The van der Waals surface area contributed by atoms with Crippen LogP contribution in [0.15, 0.2) is 109 Å². The van der Waals surface area contributed by atoms with Crippen LogP contribution in [0.3, 0.4) is 0 Å². The van der Waals surface area contributed by atoms with Crippen LogP contribution in [0, 0.1) is 32.9 Å². The predicted molar refractivity (Wildman–Crippen MR) is 193 cm³/mol. The van der Waals surface area contributed by atoms with E-state index in [4.69, 9.17) is 0 Å². The van der Waals surface area contributed by atoms with E-state index in [2.05, 4.69) is 121 Å². The van der Waals surface area contributed by atoms with Crippen molar-refractivity contribution in [2.75, 3.05) is 0 Å². The van der Waals surface area contributed by atoms with Crippen molar-refractivity contribution in [2.45, 2.75) is 38.0 Å². The topological polar surface area (TPSA) is 25.8 Å². The van der Waals surface area contributed by atoms with Crippen LogP contribution >= 0.6 is 11.3 Å². The summed E-state index contributed by atoms with van der Waals surface area (Å²) < 4.78 is 4.01. The van der Waals surface area contributed by atoms with Gasteiger partial charge in [-0.05, 0) is 59.8 Å². The van der Waals surface area contributed by atoms with Crippen molar-refractivity contribution in [2.24, 2.45) is 0 Å². The molecule has 0 aliphatic rings. The standard InChI is InChI=1S/C26H20NS.C14H16GeN.Ir/c1-16-9-10-27-24(14-16)23-6-4-5-22-21-8-7-19(15-25(21)28-26(22)23)20-12-17(2)11-18(3)13-20;1-15(2,3)13-9-10-14(16-11-13)12-7-5-4-6-8-12;/h4-5,7-15H,1-3H3;4-7,9-11H,1-3H3;/q2*-1;. The van der Waals surface area contributed by atoms with Crippen molar-refractivity contribution in [3.63, 3.8) is 0 Å². The second kappa shape index (κ2) is 13.9. The fourth-order valence-electron chi connectivity index (χ4n) is 5.48. The number of thiophene rings is 1. The molecule has 0 aliphatic carbocycles. The van der Waals surface area contributed by atoms with Crippen LogP contribution < -0.4 is 4.40 Å². The zero-order chi connectivity index (χ0) is 30.8. The van der Waals surface area contributed by atoms with Crippen molar-refractivity contribution in [1.29, 1.82) is 0 Å². The quantitative estimate of drug-likeness (QED) is 0.130. The van der Waals surface area contributed by atoms with Gasteiger partial charge in [-0.15, -0.1) is 23.8 Å². The van der Waals surface area contributed by atoms with E-state index in [-0.39, 0.29) is 20.1 Å². The van der Waals surface area contributed by atoms with Gasteiger partial charge < -0.3 is 4.98 Å². The summed E-state index contributed by atoms with van der Waals surface area (Å²) in [5.74, 6) is 7.14. The minimum Gasteiger partial charge on any atom is 0 e. The van der Waals surface area contributed by atoms with Gasteiger partial charge in [0.15, 0.2) is 0 Å². The molecule has 5 heteroatoms. The number of fused-ring (bicyclic) bond motifs is 3. The van der Waals surface area contributed by atoms with Crippen LogP contribution in [-0.4, -0.2) is 23.2 Å². The molecule has 0 saturated heterocycles. The summed E-state index contributed by atoms with van der Waals surface area (Å²) in [5, 5.41) is 2.58. The van der Waals surface area contributed by atoms with E-state index < -0.39 is 13.3 Å². The molecule has 0 unspecified atom stereocenters. The largest absolute Gasteiger partial charge is 0 e. The van der Waals surface area contributed by atoms with E-state index in [0.717, 1.165) is 22.5 Å². The summed E-state index contributed by atoms with van der Waals surface area (Å²) in [6, 6.07) is 40.8. The van der Waals surface area contributed by atoms with E-state index in [1.165, 1.54) is 52.4 Å². The van der Waals surface area contributed by atoms with Gasteiger partial charge in [0.1, 0.15) is 0 Å². The molecule has 1 radical (unpaired) electrons. The van der Waals surface area contributed by atoms with Crippen LogP contribution in [-0.2, 0) is 20.1 Å². The Morgan fingerprint density at radius 1 is 0.644 bits per heavy atom. The third-order valence-corrected chi connectivity index (χ3v) is 13.2. The second-order valence-corrected chi connectivity index (χ2v) is 24.2. The average Bonchev–Trinajstić information content (AvgIpc) is 3.39. The number of hydrogen-bond acceptors (Lipinski definition) is 3. The minimum absolute atomic E-state index is 0. The summed E-state index contributed by atoms with van der Waals surface area (Å²) in [6.45, 7) is 6.42. The SMILES string of the molecule is Cc1cc(C)cc(-c2ccc3c(c2)sc2c(-c4cc(C)ccn4)[c-]ccc23)c1.[CH3][Ge]([CH3])([CH3])[c]1ccc(-c2[c-]cccc2)nc1.[Ir]. The summed E-state index contributed by atoms with van der Waals surface area (Å²) in [7, 11) is 0. The first-order valence-electron chi connectivity index (χ1n) is 15.0. The Labute approximate surface area is 287 Å². The van der Waals surface area contributed by atoms with Crippen LogP contribution in [0.2, 0.25) is 17.3 Å². The van der Waals surface area contributed by atoms with Crippen LogP contribution in [0.25, 0.3) is 53.8 Å². The van der Waals surface area contributed by atoms with Crippen molar-refractivity contribution in [3.05, 3.63) is 138 Å². The number of rotatable bonds is 4. The Morgan fingerprint density at radius 2 is 1.44 bits per heavy atom. The van der Waals surface area contributed by atoms with E-state index in [1.807, 2.05) is 60.1 Å². The summed E-state index contributed by atoms with van der Waals surface area (Å²) in [4.78, 5) is 9.12. The maximum Gasteiger partial charge on any atom is 0 e. The van der Waals surface area contributed by atoms with Gasteiger partial charge in [0.2, 0.25) is 0 Å². The van der Waals surface area contributed by atoms with Crippen molar-refractivity contribution >= 4 is 49.2 Å². The first kappa shape index (κ1) is 33.0. The number of aryl methyl sites for hydroxylation is 3. The van der Waals surface area contributed by atoms with Crippen molar-refractivity contribution in [1.82, 2.24) is 9.97 Å². The first-order chi connectivity index (χ1) is 21.2. The Balaban J connectivity index is 0.000000202. The maximum absolute atomic E-state index is 4.59. The third-order valence-electron chi connectivity index (χ3n) is 7.77. The molecule has 3 aromatic heterocycles. The van der Waals surface area contributed by atoms with E-state index in [1.54, 1.807) is 0 Å². The Morgan fingerprint density at radius 3 is 2.11 bits per heavy atom. The van der Waals surface area contributed by atoms with Gasteiger partial charge >= 0.3 is 99.8 Å². The molecule has 4 aromatic carbocycles. The van der Waals surface area contributed by atoms with Crippen molar-refractivity contribution < 1.29 is 20.1 Å². The Bertz CT molecular complexity index is 2060. The molecular formula is C40H36GeIrN2S-2. The number of hydrogen-bond donors (Lipinski definition) is 0. The number of benzene rings is 4. The monoisotopic (exact) mass is 843 g/mol. The molecular weight excluding hydrogens is 805 g/mol. The smallest absolute Gasteiger partial charge is 0 e.